The van der Waals surface area contributed by atoms with Crippen molar-refractivity contribution in [3.05, 3.63) is 65.5 Å². The van der Waals surface area contributed by atoms with Gasteiger partial charge in [-0.25, -0.2) is 0 Å². The minimum Gasteiger partial charge on any atom is -0.373 e. The largest absolute Gasteiger partial charge is 0.373 e. The molecule has 2 atom stereocenters. The molecule has 1 saturated heterocycles. The Morgan fingerprint density at radius 3 is 2.47 bits per heavy atom. The molecule has 1 aromatic heterocycles. The Bertz CT molecular complexity index is 896. The highest BCUT2D eigenvalue weighted by Crippen LogP contribution is 2.53. The summed E-state index contributed by atoms with van der Waals surface area (Å²) in [6, 6.07) is 15.5. The molecule has 2 aliphatic carbocycles. The van der Waals surface area contributed by atoms with Crippen LogP contribution in [-0.2, 0) is 10.3 Å². The summed E-state index contributed by atoms with van der Waals surface area (Å²) in [6.45, 7) is 2.12. The van der Waals surface area contributed by atoms with E-state index in [1.54, 1.807) is 6.20 Å². The molecule has 5 rings (SSSR count). The standard InChI is InChI=1S/C25H31N3O2/c1-30-25(19-10-11-27-23(14-19)24(26)29)20-8-5-9-21(25)16-28(15-20)22-12-18(13-22)17-6-3-2-4-7-17/h2-4,6-7,10-11,14,18,20-22H,5,8-9,12-13,15-16H2,1H3,(H2,26,29). The van der Waals surface area contributed by atoms with Crippen LogP contribution in [-0.4, -0.2) is 42.0 Å². The van der Waals surface area contributed by atoms with Crippen LogP contribution in [0.1, 0.15) is 59.6 Å². The average Bonchev–Trinajstić information content (AvgIpc) is 2.73. The first kappa shape index (κ1) is 19.7. The van der Waals surface area contributed by atoms with E-state index in [-0.39, 0.29) is 5.60 Å². The minimum atomic E-state index is -0.480. The number of hydrogen-bond donors (Lipinski definition) is 1. The van der Waals surface area contributed by atoms with E-state index in [9.17, 15) is 4.79 Å². The number of likely N-dealkylation sites (tertiary alicyclic amines) is 1. The van der Waals surface area contributed by atoms with E-state index in [2.05, 4.69) is 40.2 Å². The second kappa shape index (κ2) is 7.78. The van der Waals surface area contributed by atoms with Crippen LogP contribution in [0, 0.1) is 11.8 Å². The molecule has 30 heavy (non-hydrogen) atoms. The van der Waals surface area contributed by atoms with Gasteiger partial charge in [0.25, 0.3) is 5.91 Å². The Morgan fingerprint density at radius 1 is 1.13 bits per heavy atom. The molecule has 1 amide bonds. The van der Waals surface area contributed by atoms with Gasteiger partial charge in [-0.3, -0.25) is 14.7 Å². The predicted octanol–water partition coefficient (Wildman–Crippen LogP) is 3.70. The van der Waals surface area contributed by atoms with E-state index in [0.717, 1.165) is 31.5 Å². The number of aromatic nitrogens is 1. The Kier molecular flexibility index (Phi) is 5.11. The molecule has 1 aromatic carbocycles. The Hall–Kier alpha value is -2.24. The molecule has 3 fully saturated rings. The third kappa shape index (κ3) is 3.15. The number of nitrogens with two attached hydrogens (primary N) is 1. The van der Waals surface area contributed by atoms with E-state index in [1.165, 1.54) is 24.8 Å². The molecule has 3 aliphatic rings. The molecule has 158 valence electrons. The Balaban J connectivity index is 1.36. The summed E-state index contributed by atoms with van der Waals surface area (Å²) in [6.07, 6.45) is 7.77. The van der Waals surface area contributed by atoms with Crippen molar-refractivity contribution in [1.29, 1.82) is 0 Å². The highest BCUT2D eigenvalue weighted by molar-refractivity contribution is 5.90. The minimum absolute atomic E-state index is 0.328. The van der Waals surface area contributed by atoms with E-state index >= 15 is 0 Å². The van der Waals surface area contributed by atoms with Crippen LogP contribution in [0.4, 0.5) is 0 Å². The lowest BCUT2D eigenvalue weighted by Gasteiger charge is -2.58. The van der Waals surface area contributed by atoms with Crippen molar-refractivity contribution < 1.29 is 9.53 Å². The normalized spacial score (nSPS) is 33.6. The molecule has 5 nitrogen and oxygen atoms in total. The number of rotatable bonds is 5. The molecule has 2 aromatic rings. The first-order chi connectivity index (χ1) is 14.6. The molecular formula is C25H31N3O2. The lowest BCUT2D eigenvalue weighted by Crippen LogP contribution is -2.62. The molecule has 2 unspecified atom stereocenters. The van der Waals surface area contributed by atoms with Crippen molar-refractivity contribution in [1.82, 2.24) is 9.88 Å². The van der Waals surface area contributed by atoms with Crippen molar-refractivity contribution in [3.63, 3.8) is 0 Å². The first-order valence-electron chi connectivity index (χ1n) is 11.2. The summed E-state index contributed by atoms with van der Waals surface area (Å²) >= 11 is 0. The van der Waals surface area contributed by atoms with E-state index in [1.807, 2.05) is 19.2 Å². The van der Waals surface area contributed by atoms with Gasteiger partial charge in [0.2, 0.25) is 0 Å². The van der Waals surface area contributed by atoms with Gasteiger partial charge in [0, 0.05) is 44.3 Å². The van der Waals surface area contributed by atoms with E-state index in [0.29, 0.717) is 29.5 Å². The summed E-state index contributed by atoms with van der Waals surface area (Å²) in [5.74, 6) is 1.07. The SMILES string of the molecule is COC1(c2ccnc(C(N)=O)c2)C2CCCC1CN(C1CC(c3ccccc3)C1)C2. The fourth-order valence-electron chi connectivity index (χ4n) is 6.38. The third-order valence-electron chi connectivity index (χ3n) is 7.93. The van der Waals surface area contributed by atoms with Crippen LogP contribution in [0.25, 0.3) is 0 Å². The van der Waals surface area contributed by atoms with Crippen molar-refractivity contribution in [2.75, 3.05) is 20.2 Å². The molecule has 0 spiro atoms. The van der Waals surface area contributed by atoms with Crippen molar-refractivity contribution in [3.8, 4) is 0 Å². The number of ether oxygens (including phenoxy) is 1. The second-order valence-corrected chi connectivity index (χ2v) is 9.30. The maximum Gasteiger partial charge on any atom is 0.267 e. The number of primary amides is 1. The summed E-state index contributed by atoms with van der Waals surface area (Å²) in [5.41, 5.74) is 8.04. The van der Waals surface area contributed by atoms with Crippen LogP contribution in [0.3, 0.4) is 0 Å². The number of nitrogens with zero attached hydrogens (tertiary/aromatic N) is 2. The second-order valence-electron chi connectivity index (χ2n) is 9.30. The molecule has 2 bridgehead atoms. The number of carbonyl (C=O) groups excluding carboxylic acids is 1. The Morgan fingerprint density at radius 2 is 1.83 bits per heavy atom. The first-order valence-corrected chi connectivity index (χ1v) is 11.2. The number of fused-ring (bicyclic) bond motifs is 2. The summed E-state index contributed by atoms with van der Waals surface area (Å²) in [4.78, 5) is 18.6. The number of carbonyl (C=O) groups is 1. The number of benzene rings is 1. The van der Waals surface area contributed by atoms with Gasteiger partial charge in [-0.15, -0.1) is 0 Å². The summed E-state index contributed by atoms with van der Waals surface area (Å²) in [7, 11) is 1.83. The lowest BCUT2D eigenvalue weighted by atomic mass is 9.61. The monoisotopic (exact) mass is 405 g/mol. The van der Waals surface area contributed by atoms with E-state index < -0.39 is 5.91 Å². The smallest absolute Gasteiger partial charge is 0.267 e. The highest BCUT2D eigenvalue weighted by atomic mass is 16.5. The zero-order valence-corrected chi connectivity index (χ0v) is 17.7. The molecule has 0 radical (unpaired) electrons. The molecular weight excluding hydrogens is 374 g/mol. The van der Waals surface area contributed by atoms with Crippen LogP contribution in [0.5, 0.6) is 0 Å². The van der Waals surface area contributed by atoms with Crippen molar-refractivity contribution in [2.45, 2.75) is 49.7 Å². The number of pyridine rings is 1. The van der Waals surface area contributed by atoms with Gasteiger partial charge in [0.05, 0.1) is 0 Å². The van der Waals surface area contributed by atoms with Gasteiger partial charge in [-0.2, -0.15) is 0 Å². The predicted molar refractivity (Wildman–Crippen MR) is 116 cm³/mol. The molecule has 2 N–H and O–H groups in total. The molecule has 2 heterocycles. The zero-order chi connectivity index (χ0) is 20.7. The maximum absolute atomic E-state index is 11.7. The molecule has 1 aliphatic heterocycles. The number of amides is 1. The fraction of sp³-hybridized carbons (Fsp3) is 0.520. The van der Waals surface area contributed by atoms with Gasteiger partial charge in [0.15, 0.2) is 0 Å². The van der Waals surface area contributed by atoms with Crippen LogP contribution >= 0.6 is 0 Å². The topological polar surface area (TPSA) is 68.5 Å². The van der Waals surface area contributed by atoms with Gasteiger partial charge >= 0.3 is 0 Å². The fourth-order valence-corrected chi connectivity index (χ4v) is 6.38. The van der Waals surface area contributed by atoms with Crippen molar-refractivity contribution in [2.24, 2.45) is 17.6 Å². The number of methoxy groups -OCH3 is 1. The highest BCUT2D eigenvalue weighted by Gasteiger charge is 2.54. The van der Waals surface area contributed by atoms with Gasteiger partial charge in [0.1, 0.15) is 11.3 Å². The Labute approximate surface area is 178 Å². The maximum atomic E-state index is 11.7. The zero-order valence-electron chi connectivity index (χ0n) is 17.7. The number of hydrogen-bond acceptors (Lipinski definition) is 4. The summed E-state index contributed by atoms with van der Waals surface area (Å²) < 4.78 is 6.33. The quantitative estimate of drug-likeness (QED) is 0.824. The number of piperidine rings is 1. The average molecular weight is 406 g/mol. The molecule has 5 heteroatoms. The third-order valence-corrected chi connectivity index (χ3v) is 7.93. The van der Waals surface area contributed by atoms with Crippen LogP contribution in [0.2, 0.25) is 0 Å². The van der Waals surface area contributed by atoms with Crippen LogP contribution < -0.4 is 5.73 Å². The lowest BCUT2D eigenvalue weighted by molar-refractivity contribution is -0.178. The van der Waals surface area contributed by atoms with Crippen LogP contribution in [0.15, 0.2) is 48.7 Å². The van der Waals surface area contributed by atoms with Crippen molar-refractivity contribution >= 4 is 5.91 Å². The van der Waals surface area contributed by atoms with Gasteiger partial charge in [-0.05, 0) is 54.9 Å². The van der Waals surface area contributed by atoms with E-state index in [4.69, 9.17) is 10.5 Å². The summed E-state index contributed by atoms with van der Waals surface area (Å²) in [5, 5.41) is 0. The molecule has 2 saturated carbocycles. The van der Waals surface area contributed by atoms with Gasteiger partial charge < -0.3 is 10.5 Å². The van der Waals surface area contributed by atoms with Gasteiger partial charge in [-0.1, -0.05) is 36.8 Å².